The number of benzene rings is 1. The maximum atomic E-state index is 14.2. The highest BCUT2D eigenvalue weighted by Crippen LogP contribution is 2.29. The maximum Gasteiger partial charge on any atom is 0.200 e. The summed E-state index contributed by atoms with van der Waals surface area (Å²) in [7, 11) is 0. The van der Waals surface area contributed by atoms with E-state index in [1.165, 1.54) is 18.3 Å². The van der Waals surface area contributed by atoms with Crippen molar-refractivity contribution in [2.24, 2.45) is 0 Å². The first-order valence-corrected chi connectivity index (χ1v) is 7.74. The quantitative estimate of drug-likeness (QED) is 0.725. The zero-order valence-electron chi connectivity index (χ0n) is 12.9. The molecule has 122 valence electrons. The summed E-state index contributed by atoms with van der Waals surface area (Å²) < 4.78 is 25.5. The minimum atomic E-state index is -0.406. The smallest absolute Gasteiger partial charge is 0.200 e. The summed E-state index contributed by atoms with van der Waals surface area (Å²) in [5, 5.41) is 0.389. The molecule has 1 aromatic carbocycles. The van der Waals surface area contributed by atoms with Gasteiger partial charge in [0.05, 0.1) is 18.6 Å². The molecule has 0 radical (unpaired) electrons. The van der Waals surface area contributed by atoms with Crippen molar-refractivity contribution in [3.8, 4) is 11.3 Å². The van der Waals surface area contributed by atoms with E-state index >= 15 is 0 Å². The van der Waals surface area contributed by atoms with Crippen LogP contribution in [-0.2, 0) is 4.74 Å². The van der Waals surface area contributed by atoms with E-state index in [-0.39, 0.29) is 5.43 Å². The molecule has 24 heavy (non-hydrogen) atoms. The van der Waals surface area contributed by atoms with Crippen LogP contribution in [0, 0.1) is 5.82 Å². The molecule has 0 atom stereocenters. The molecule has 2 aromatic heterocycles. The van der Waals surface area contributed by atoms with Crippen LogP contribution < -0.4 is 10.3 Å². The number of halogens is 1. The van der Waals surface area contributed by atoms with Gasteiger partial charge in [-0.15, -0.1) is 0 Å². The number of ether oxygens (including phenoxy) is 1. The van der Waals surface area contributed by atoms with Crippen molar-refractivity contribution in [3.63, 3.8) is 0 Å². The monoisotopic (exact) mass is 326 g/mol. The molecule has 0 saturated carbocycles. The second kappa shape index (κ2) is 6.05. The van der Waals surface area contributed by atoms with E-state index in [1.54, 1.807) is 24.3 Å². The van der Waals surface area contributed by atoms with Crippen molar-refractivity contribution >= 4 is 16.9 Å². The predicted octanol–water partition coefficient (Wildman–Crippen LogP) is 2.83. The molecule has 0 spiro atoms. The Hall–Kier alpha value is -2.73. The number of hydrogen-bond acceptors (Lipinski definition) is 5. The highest BCUT2D eigenvalue weighted by Gasteiger charge is 2.18. The number of rotatable bonds is 2. The lowest BCUT2D eigenvalue weighted by Gasteiger charge is -2.27. The van der Waals surface area contributed by atoms with E-state index in [0.29, 0.717) is 54.4 Å². The third-order valence-electron chi connectivity index (χ3n) is 4.08. The second-order valence-electron chi connectivity index (χ2n) is 5.56. The summed E-state index contributed by atoms with van der Waals surface area (Å²) in [4.78, 5) is 18.7. The molecule has 1 aliphatic rings. The van der Waals surface area contributed by atoms with E-state index in [9.17, 15) is 9.18 Å². The van der Waals surface area contributed by atoms with Crippen LogP contribution in [0.3, 0.4) is 0 Å². The lowest BCUT2D eigenvalue weighted by molar-refractivity contribution is 0.121. The predicted molar refractivity (Wildman–Crippen MR) is 88.7 cm³/mol. The first-order chi connectivity index (χ1) is 11.7. The average Bonchev–Trinajstić information content (AvgIpc) is 2.63. The molecule has 5 nitrogen and oxygen atoms in total. The lowest BCUT2D eigenvalue weighted by Crippen LogP contribution is -2.36. The third kappa shape index (κ3) is 2.55. The fraction of sp³-hybridized carbons (Fsp3) is 0.222. The summed E-state index contributed by atoms with van der Waals surface area (Å²) in [6.45, 7) is 2.44. The van der Waals surface area contributed by atoms with Gasteiger partial charge in [-0.2, -0.15) is 0 Å². The van der Waals surface area contributed by atoms with Crippen molar-refractivity contribution in [2.75, 3.05) is 31.2 Å². The Labute approximate surface area is 137 Å². The number of morpholine rings is 1. The van der Waals surface area contributed by atoms with Gasteiger partial charge in [0.25, 0.3) is 0 Å². The number of aromatic nitrogens is 1. The van der Waals surface area contributed by atoms with Crippen LogP contribution in [0.2, 0.25) is 0 Å². The molecule has 0 aliphatic carbocycles. The largest absolute Gasteiger partial charge is 0.438 e. The van der Waals surface area contributed by atoms with Gasteiger partial charge in [-0.1, -0.05) is 12.1 Å². The van der Waals surface area contributed by atoms with Crippen molar-refractivity contribution in [1.29, 1.82) is 0 Å². The fourth-order valence-electron chi connectivity index (χ4n) is 2.85. The van der Waals surface area contributed by atoms with Crippen LogP contribution >= 0.6 is 0 Å². The molecule has 4 rings (SSSR count). The zero-order valence-corrected chi connectivity index (χ0v) is 12.9. The van der Waals surface area contributed by atoms with Crippen LogP contribution in [0.1, 0.15) is 0 Å². The summed E-state index contributed by atoms with van der Waals surface area (Å²) in [6, 6.07) is 9.38. The molecule has 1 fully saturated rings. The van der Waals surface area contributed by atoms with Gasteiger partial charge >= 0.3 is 0 Å². The van der Waals surface area contributed by atoms with E-state index < -0.39 is 5.82 Å². The van der Waals surface area contributed by atoms with Gasteiger partial charge in [-0.05, 0) is 18.2 Å². The Morgan fingerprint density at radius 3 is 2.71 bits per heavy atom. The maximum absolute atomic E-state index is 14.2. The molecular formula is C18H15FN2O3. The molecule has 1 saturated heterocycles. The standard InChI is InChI=1S/C18H15FN2O3/c19-14-4-2-1-3-12(14)17-18-13(5-6-20-17)15(22)11-16(24-18)21-7-9-23-10-8-21/h1-6,11H,7-10H2. The summed E-state index contributed by atoms with van der Waals surface area (Å²) in [5.41, 5.74) is 0.775. The van der Waals surface area contributed by atoms with E-state index in [1.807, 2.05) is 4.90 Å². The Morgan fingerprint density at radius 2 is 1.92 bits per heavy atom. The summed E-state index contributed by atoms with van der Waals surface area (Å²) in [5.74, 6) is 0.0540. The minimum Gasteiger partial charge on any atom is -0.438 e. The van der Waals surface area contributed by atoms with Crippen LogP contribution in [0.15, 0.2) is 51.8 Å². The zero-order chi connectivity index (χ0) is 16.5. The molecule has 0 bridgehead atoms. The Morgan fingerprint density at radius 1 is 1.12 bits per heavy atom. The van der Waals surface area contributed by atoms with Gasteiger partial charge in [0.15, 0.2) is 16.9 Å². The van der Waals surface area contributed by atoms with E-state index in [4.69, 9.17) is 9.15 Å². The Kier molecular flexibility index (Phi) is 3.74. The average molecular weight is 326 g/mol. The van der Waals surface area contributed by atoms with E-state index in [0.717, 1.165) is 0 Å². The number of nitrogens with zero attached hydrogens (tertiary/aromatic N) is 2. The highest BCUT2D eigenvalue weighted by atomic mass is 19.1. The number of fused-ring (bicyclic) bond motifs is 1. The number of anilines is 1. The van der Waals surface area contributed by atoms with Gasteiger partial charge in [-0.3, -0.25) is 9.78 Å². The Bertz CT molecular complexity index is 948. The van der Waals surface area contributed by atoms with Crippen LogP contribution in [-0.4, -0.2) is 31.3 Å². The number of pyridine rings is 1. The molecular weight excluding hydrogens is 311 g/mol. The highest BCUT2D eigenvalue weighted by molar-refractivity contribution is 5.90. The molecule has 6 heteroatoms. The Balaban J connectivity index is 1.93. The third-order valence-corrected chi connectivity index (χ3v) is 4.08. The van der Waals surface area contributed by atoms with Crippen molar-refractivity contribution in [3.05, 3.63) is 58.6 Å². The second-order valence-corrected chi connectivity index (χ2v) is 5.56. The van der Waals surface area contributed by atoms with Crippen LogP contribution in [0.4, 0.5) is 10.3 Å². The van der Waals surface area contributed by atoms with Gasteiger partial charge in [0, 0.05) is 30.9 Å². The molecule has 0 N–H and O–H groups in total. The molecule has 1 aliphatic heterocycles. The topological polar surface area (TPSA) is 55.6 Å². The molecule has 3 aromatic rings. The first-order valence-electron chi connectivity index (χ1n) is 7.74. The molecule has 3 heterocycles. The van der Waals surface area contributed by atoms with Crippen molar-refractivity contribution in [2.45, 2.75) is 0 Å². The molecule has 0 unspecified atom stereocenters. The summed E-state index contributed by atoms with van der Waals surface area (Å²) in [6.07, 6.45) is 1.50. The summed E-state index contributed by atoms with van der Waals surface area (Å²) >= 11 is 0. The van der Waals surface area contributed by atoms with Crippen LogP contribution in [0.25, 0.3) is 22.2 Å². The van der Waals surface area contributed by atoms with Gasteiger partial charge in [0.1, 0.15) is 11.5 Å². The van der Waals surface area contributed by atoms with Gasteiger partial charge in [-0.25, -0.2) is 4.39 Å². The fourth-order valence-corrected chi connectivity index (χ4v) is 2.85. The van der Waals surface area contributed by atoms with Crippen molar-refractivity contribution in [1.82, 2.24) is 4.98 Å². The first kappa shape index (κ1) is 14.8. The van der Waals surface area contributed by atoms with Crippen molar-refractivity contribution < 1.29 is 13.5 Å². The lowest BCUT2D eigenvalue weighted by atomic mass is 10.1. The van der Waals surface area contributed by atoms with Gasteiger partial charge in [0.2, 0.25) is 0 Å². The number of hydrogen-bond donors (Lipinski definition) is 0. The minimum absolute atomic E-state index is 0.169. The molecule has 0 amide bonds. The normalized spacial score (nSPS) is 15.0. The van der Waals surface area contributed by atoms with E-state index in [2.05, 4.69) is 4.98 Å². The van der Waals surface area contributed by atoms with Crippen LogP contribution in [0.5, 0.6) is 0 Å². The SMILES string of the molecule is O=c1cc(N2CCOCC2)oc2c(-c3ccccc3F)nccc12. The van der Waals surface area contributed by atoms with Gasteiger partial charge < -0.3 is 14.1 Å².